The molecule has 0 aliphatic carbocycles. The van der Waals surface area contributed by atoms with Crippen LogP contribution in [0.3, 0.4) is 0 Å². The first-order chi connectivity index (χ1) is 38.6. The standard InChI is InChI=1S/C67H110O12/c1-4-7-10-13-16-19-22-25-27-29-30-32-34-37-40-43-46-49-52-55-61(70)78-65-63(72)62(71)64(66(73)74)79-67(65)76-57-58(77-60(69)54-51-48-45-42-39-35-24-21-18-15-12-9-6-3)56-75-59(68)53-50-47-44-41-38-36-33-31-28-26-23-20-17-14-11-8-5-2/h8-9,11-12,17-18,20-21,25-28,35,39,45,48,58,62-65,67,71-72H,4-7,10,13-16,19,22-24,29-34,36-38,40-44,46-47,49-57H2,1-3H3,(H,73,74)/b11-8-,12-9-,20-17-,21-18-,27-25-,28-26-,39-35-,48-45-. The first-order valence-corrected chi connectivity index (χ1v) is 31.2. The molecule has 12 nitrogen and oxygen atoms in total. The molecule has 1 aliphatic heterocycles. The lowest BCUT2D eigenvalue weighted by atomic mass is 9.98. The van der Waals surface area contributed by atoms with Crippen LogP contribution in [0.1, 0.15) is 252 Å². The summed E-state index contributed by atoms with van der Waals surface area (Å²) in [6.45, 7) is 5.70. The lowest BCUT2D eigenvalue weighted by Crippen LogP contribution is -2.61. The molecule has 0 radical (unpaired) electrons. The third-order valence-corrected chi connectivity index (χ3v) is 13.6. The molecular weight excluding hydrogens is 997 g/mol. The number of hydrogen-bond acceptors (Lipinski definition) is 11. The zero-order valence-corrected chi connectivity index (χ0v) is 49.6. The molecule has 0 bridgehead atoms. The number of rotatable bonds is 52. The minimum absolute atomic E-state index is 0.0358. The summed E-state index contributed by atoms with van der Waals surface area (Å²) < 4.78 is 28.4. The van der Waals surface area contributed by atoms with Crippen molar-refractivity contribution >= 4 is 23.9 Å². The van der Waals surface area contributed by atoms with E-state index < -0.39 is 67.3 Å². The fourth-order valence-electron chi connectivity index (χ4n) is 8.92. The van der Waals surface area contributed by atoms with Crippen LogP contribution >= 0.6 is 0 Å². The zero-order valence-electron chi connectivity index (χ0n) is 49.6. The Bertz CT molecular complexity index is 1740. The van der Waals surface area contributed by atoms with Gasteiger partial charge in [0.1, 0.15) is 18.8 Å². The number of esters is 3. The molecule has 0 saturated carbocycles. The van der Waals surface area contributed by atoms with E-state index in [-0.39, 0.29) is 25.9 Å². The van der Waals surface area contributed by atoms with E-state index in [1.54, 1.807) is 0 Å². The van der Waals surface area contributed by atoms with Crippen LogP contribution in [-0.4, -0.2) is 89.2 Å². The Kier molecular flexibility index (Phi) is 49.9. The van der Waals surface area contributed by atoms with E-state index in [1.165, 1.54) is 77.0 Å². The molecule has 1 saturated heterocycles. The number of ether oxygens (including phenoxy) is 5. The van der Waals surface area contributed by atoms with E-state index in [9.17, 15) is 34.5 Å². The summed E-state index contributed by atoms with van der Waals surface area (Å²) >= 11 is 0. The summed E-state index contributed by atoms with van der Waals surface area (Å²) in [6.07, 6.45) is 59.6. The average Bonchev–Trinajstić information content (AvgIpc) is 3.43. The molecule has 6 unspecified atom stereocenters. The maximum absolute atomic E-state index is 13.1. The Hall–Kier alpha value is -4.36. The molecule has 450 valence electrons. The van der Waals surface area contributed by atoms with Crippen LogP contribution in [0.5, 0.6) is 0 Å². The molecule has 1 rings (SSSR count). The van der Waals surface area contributed by atoms with Crippen LogP contribution in [0, 0.1) is 0 Å². The minimum atomic E-state index is -1.92. The van der Waals surface area contributed by atoms with E-state index >= 15 is 0 Å². The predicted octanol–water partition coefficient (Wildman–Crippen LogP) is 16.5. The SMILES string of the molecule is CC/C=C\C/C=C\C/C=C\C/C=C\CCC(=O)OC(COC(=O)CCCCCCCCC/C=C\C/C=C\C/C=C\CC)COC1OC(C(=O)O)C(O)C(O)C1OC(=O)CCCCCCCCCCC/C=C\CCCCCCCC. The van der Waals surface area contributed by atoms with Crippen molar-refractivity contribution in [1.29, 1.82) is 0 Å². The van der Waals surface area contributed by atoms with Gasteiger partial charge in [-0.2, -0.15) is 0 Å². The lowest BCUT2D eigenvalue weighted by molar-refractivity contribution is -0.301. The molecule has 79 heavy (non-hydrogen) atoms. The van der Waals surface area contributed by atoms with Crippen molar-refractivity contribution < 1.29 is 58.2 Å². The van der Waals surface area contributed by atoms with Gasteiger partial charge in [0.2, 0.25) is 0 Å². The number of aliphatic hydroxyl groups is 2. The second-order valence-corrected chi connectivity index (χ2v) is 20.9. The van der Waals surface area contributed by atoms with Gasteiger partial charge in [0.25, 0.3) is 0 Å². The highest BCUT2D eigenvalue weighted by Gasteiger charge is 2.50. The van der Waals surface area contributed by atoms with Gasteiger partial charge in [-0.1, -0.05) is 227 Å². The maximum Gasteiger partial charge on any atom is 0.335 e. The lowest BCUT2D eigenvalue weighted by Gasteiger charge is -2.40. The van der Waals surface area contributed by atoms with Crippen LogP contribution in [0.15, 0.2) is 97.2 Å². The van der Waals surface area contributed by atoms with Gasteiger partial charge in [0.15, 0.2) is 24.6 Å². The van der Waals surface area contributed by atoms with Crippen LogP contribution < -0.4 is 0 Å². The van der Waals surface area contributed by atoms with Gasteiger partial charge in [-0.3, -0.25) is 14.4 Å². The highest BCUT2D eigenvalue weighted by molar-refractivity contribution is 5.74. The normalized spacial score (nSPS) is 18.5. The second-order valence-electron chi connectivity index (χ2n) is 20.9. The van der Waals surface area contributed by atoms with Gasteiger partial charge < -0.3 is 39.0 Å². The molecule has 1 heterocycles. The van der Waals surface area contributed by atoms with Crippen LogP contribution in [0.25, 0.3) is 0 Å². The fraction of sp³-hybridized carbons (Fsp3) is 0.701. The van der Waals surface area contributed by atoms with Gasteiger partial charge in [-0.25, -0.2) is 4.79 Å². The summed E-state index contributed by atoms with van der Waals surface area (Å²) in [5, 5.41) is 31.5. The number of carbonyl (C=O) groups is 4. The molecular formula is C67H110O12. The molecule has 0 spiro atoms. The summed E-state index contributed by atoms with van der Waals surface area (Å²) in [5.41, 5.74) is 0. The first kappa shape index (κ1) is 72.7. The molecule has 1 aliphatic rings. The Morgan fingerprint density at radius 2 is 0.823 bits per heavy atom. The molecule has 3 N–H and O–H groups in total. The molecule has 0 amide bonds. The van der Waals surface area contributed by atoms with Crippen molar-refractivity contribution in [3.8, 4) is 0 Å². The Morgan fingerprint density at radius 1 is 0.430 bits per heavy atom. The average molecular weight is 1110 g/mol. The van der Waals surface area contributed by atoms with Gasteiger partial charge in [0.05, 0.1) is 6.61 Å². The molecule has 0 aromatic heterocycles. The van der Waals surface area contributed by atoms with E-state index in [0.29, 0.717) is 25.7 Å². The molecule has 12 heteroatoms. The van der Waals surface area contributed by atoms with E-state index in [4.69, 9.17) is 23.7 Å². The maximum atomic E-state index is 13.1. The van der Waals surface area contributed by atoms with Crippen molar-refractivity contribution in [2.24, 2.45) is 0 Å². The number of aliphatic hydroxyl groups excluding tert-OH is 2. The smallest absolute Gasteiger partial charge is 0.335 e. The van der Waals surface area contributed by atoms with Gasteiger partial charge >= 0.3 is 23.9 Å². The van der Waals surface area contributed by atoms with E-state index in [1.807, 2.05) is 12.2 Å². The number of allylic oxidation sites excluding steroid dienone is 16. The summed E-state index contributed by atoms with van der Waals surface area (Å²) in [6, 6.07) is 0. The Morgan fingerprint density at radius 3 is 1.28 bits per heavy atom. The Balaban J connectivity index is 2.68. The molecule has 6 atom stereocenters. The molecule has 0 aromatic rings. The number of unbranched alkanes of at least 4 members (excludes halogenated alkanes) is 22. The fourth-order valence-corrected chi connectivity index (χ4v) is 8.92. The predicted molar refractivity (Wildman–Crippen MR) is 321 cm³/mol. The molecule has 0 aromatic carbocycles. The highest BCUT2D eigenvalue weighted by Crippen LogP contribution is 2.26. The van der Waals surface area contributed by atoms with Gasteiger partial charge in [0, 0.05) is 19.3 Å². The number of carboxylic acid groups (broad SMARTS) is 1. The van der Waals surface area contributed by atoms with Gasteiger partial charge in [-0.15, -0.1) is 0 Å². The largest absolute Gasteiger partial charge is 0.479 e. The van der Waals surface area contributed by atoms with Crippen molar-refractivity contribution in [2.45, 2.75) is 289 Å². The number of hydrogen-bond donors (Lipinski definition) is 3. The van der Waals surface area contributed by atoms with Crippen molar-refractivity contribution in [2.75, 3.05) is 13.2 Å². The van der Waals surface area contributed by atoms with E-state index in [2.05, 4.69) is 106 Å². The van der Waals surface area contributed by atoms with Crippen molar-refractivity contribution in [1.82, 2.24) is 0 Å². The van der Waals surface area contributed by atoms with Crippen LogP contribution in [0.4, 0.5) is 0 Å². The highest BCUT2D eigenvalue weighted by atomic mass is 16.7. The van der Waals surface area contributed by atoms with Crippen LogP contribution in [0.2, 0.25) is 0 Å². The quantitative estimate of drug-likeness (QED) is 0.0228. The van der Waals surface area contributed by atoms with Crippen molar-refractivity contribution in [3.05, 3.63) is 97.2 Å². The third-order valence-electron chi connectivity index (χ3n) is 13.6. The number of aliphatic carboxylic acids is 1. The summed E-state index contributed by atoms with van der Waals surface area (Å²) in [4.78, 5) is 51.2. The summed E-state index contributed by atoms with van der Waals surface area (Å²) in [5.74, 6) is -3.25. The monoisotopic (exact) mass is 1110 g/mol. The second kappa shape index (κ2) is 54.2. The van der Waals surface area contributed by atoms with Gasteiger partial charge in [-0.05, 0) is 103 Å². The summed E-state index contributed by atoms with van der Waals surface area (Å²) in [7, 11) is 0. The third kappa shape index (κ3) is 44.0. The number of carbonyl (C=O) groups excluding carboxylic acids is 3. The zero-order chi connectivity index (χ0) is 57.5. The van der Waals surface area contributed by atoms with Crippen LogP contribution in [-0.2, 0) is 42.9 Å². The first-order valence-electron chi connectivity index (χ1n) is 31.2. The van der Waals surface area contributed by atoms with E-state index in [0.717, 1.165) is 109 Å². The minimum Gasteiger partial charge on any atom is -0.479 e. The topological polar surface area (TPSA) is 175 Å². The molecule has 1 fully saturated rings. The van der Waals surface area contributed by atoms with Crippen molar-refractivity contribution in [3.63, 3.8) is 0 Å². The number of carboxylic acids is 1. The Labute approximate surface area is 479 Å².